The minimum Gasteiger partial charge on any atom is -0.352 e. The van der Waals surface area contributed by atoms with E-state index >= 15 is 0 Å². The fourth-order valence-corrected chi connectivity index (χ4v) is 2.50. The van der Waals surface area contributed by atoms with Crippen molar-refractivity contribution in [3.63, 3.8) is 0 Å². The molecule has 2 aromatic rings. The van der Waals surface area contributed by atoms with Gasteiger partial charge in [0.25, 0.3) is 5.91 Å². The van der Waals surface area contributed by atoms with Crippen LogP contribution < -0.4 is 5.32 Å². The molecular weight excluding hydrogens is 376 g/mol. The van der Waals surface area contributed by atoms with Crippen LogP contribution in [0.2, 0.25) is 0 Å². The van der Waals surface area contributed by atoms with Crippen LogP contribution in [0.1, 0.15) is 34.3 Å². The second-order valence-corrected chi connectivity index (χ2v) is 6.31. The molecule has 8 heteroatoms. The molecule has 1 N–H and O–H groups in total. The molecule has 2 amide bonds. The van der Waals surface area contributed by atoms with Crippen molar-refractivity contribution >= 4 is 11.8 Å². The lowest BCUT2D eigenvalue weighted by Crippen LogP contribution is -2.28. The van der Waals surface area contributed by atoms with E-state index in [9.17, 15) is 27.2 Å². The SMILES string of the molecule is CN(Cc1ccc(C(F)(F)F)cc1)C(=O)CCCNC(=O)c1ccc(F)cc1. The van der Waals surface area contributed by atoms with Gasteiger partial charge in [0.15, 0.2) is 0 Å². The molecule has 0 fully saturated rings. The zero-order valence-corrected chi connectivity index (χ0v) is 15.2. The Kier molecular flexibility index (Phi) is 7.14. The Bertz CT molecular complexity index is 802. The zero-order chi connectivity index (χ0) is 20.7. The molecular formula is C20H20F4N2O2. The lowest BCUT2D eigenvalue weighted by molar-refractivity contribution is -0.137. The maximum atomic E-state index is 12.8. The number of halogens is 4. The summed E-state index contributed by atoms with van der Waals surface area (Å²) < 4.78 is 50.5. The van der Waals surface area contributed by atoms with Crippen molar-refractivity contribution in [2.75, 3.05) is 13.6 Å². The average Bonchev–Trinajstić information content (AvgIpc) is 2.65. The van der Waals surface area contributed by atoms with Crippen LogP contribution in [0.3, 0.4) is 0 Å². The third-order valence-corrected chi connectivity index (χ3v) is 4.09. The van der Waals surface area contributed by atoms with Crippen LogP contribution >= 0.6 is 0 Å². The molecule has 0 aromatic heterocycles. The molecule has 0 heterocycles. The molecule has 0 bridgehead atoms. The molecule has 150 valence electrons. The first-order chi connectivity index (χ1) is 13.2. The van der Waals surface area contributed by atoms with Crippen LogP contribution in [0.4, 0.5) is 17.6 Å². The summed E-state index contributed by atoms with van der Waals surface area (Å²) in [6.45, 7) is 0.467. The monoisotopic (exact) mass is 396 g/mol. The van der Waals surface area contributed by atoms with E-state index in [4.69, 9.17) is 0 Å². The maximum absolute atomic E-state index is 12.8. The van der Waals surface area contributed by atoms with Gasteiger partial charge in [-0.15, -0.1) is 0 Å². The van der Waals surface area contributed by atoms with E-state index in [0.29, 0.717) is 17.5 Å². The van der Waals surface area contributed by atoms with Gasteiger partial charge in [0.2, 0.25) is 5.91 Å². The molecule has 0 atom stereocenters. The van der Waals surface area contributed by atoms with Crippen molar-refractivity contribution in [2.24, 2.45) is 0 Å². The largest absolute Gasteiger partial charge is 0.416 e. The summed E-state index contributed by atoms with van der Waals surface area (Å²) in [5, 5.41) is 2.64. The Balaban J connectivity index is 1.73. The highest BCUT2D eigenvalue weighted by Crippen LogP contribution is 2.29. The van der Waals surface area contributed by atoms with Crippen LogP contribution in [-0.2, 0) is 17.5 Å². The zero-order valence-electron chi connectivity index (χ0n) is 15.2. The molecule has 0 spiro atoms. The van der Waals surface area contributed by atoms with Gasteiger partial charge in [0.05, 0.1) is 5.56 Å². The fourth-order valence-electron chi connectivity index (χ4n) is 2.50. The molecule has 2 rings (SSSR count). The van der Waals surface area contributed by atoms with E-state index in [-0.39, 0.29) is 31.3 Å². The van der Waals surface area contributed by atoms with Crippen LogP contribution in [0, 0.1) is 5.82 Å². The summed E-state index contributed by atoms with van der Waals surface area (Å²) in [5.74, 6) is -0.972. The molecule has 0 aliphatic heterocycles. The summed E-state index contributed by atoms with van der Waals surface area (Å²) in [4.78, 5) is 25.4. The van der Waals surface area contributed by atoms with Gasteiger partial charge in [0.1, 0.15) is 5.82 Å². The normalized spacial score (nSPS) is 11.2. The Labute approximate surface area is 160 Å². The van der Waals surface area contributed by atoms with Crippen LogP contribution in [0.5, 0.6) is 0 Å². The Morgan fingerprint density at radius 1 is 1.00 bits per heavy atom. The second-order valence-electron chi connectivity index (χ2n) is 6.31. The summed E-state index contributed by atoms with van der Waals surface area (Å²) in [6.07, 6.45) is -3.80. The number of nitrogens with one attached hydrogen (secondary N) is 1. The standard InChI is InChI=1S/C20H20F4N2O2/c1-26(13-14-4-8-16(9-5-14)20(22,23)24)18(27)3-2-12-25-19(28)15-6-10-17(21)11-7-15/h4-11H,2-3,12-13H2,1H3,(H,25,28). The third-order valence-electron chi connectivity index (χ3n) is 4.09. The summed E-state index contributed by atoms with van der Waals surface area (Å²) in [5.41, 5.74) is 0.183. The van der Waals surface area contributed by atoms with Crippen LogP contribution in [-0.4, -0.2) is 30.3 Å². The van der Waals surface area contributed by atoms with Crippen molar-refractivity contribution in [2.45, 2.75) is 25.6 Å². The molecule has 2 aromatic carbocycles. The molecule has 0 saturated carbocycles. The lowest BCUT2D eigenvalue weighted by atomic mass is 10.1. The number of nitrogens with zero attached hydrogens (tertiary/aromatic N) is 1. The highest BCUT2D eigenvalue weighted by Gasteiger charge is 2.29. The fraction of sp³-hybridized carbons (Fsp3) is 0.300. The van der Waals surface area contributed by atoms with Crippen molar-refractivity contribution < 1.29 is 27.2 Å². The minimum absolute atomic E-state index is 0.181. The van der Waals surface area contributed by atoms with Gasteiger partial charge in [-0.05, 0) is 48.4 Å². The quantitative estimate of drug-likeness (QED) is 0.568. The highest BCUT2D eigenvalue weighted by molar-refractivity contribution is 5.94. The first-order valence-corrected chi connectivity index (χ1v) is 8.60. The van der Waals surface area contributed by atoms with E-state index < -0.39 is 17.6 Å². The number of rotatable bonds is 7. The van der Waals surface area contributed by atoms with Crippen molar-refractivity contribution in [1.29, 1.82) is 0 Å². The predicted octanol–water partition coefficient (Wildman–Crippen LogP) is 4.01. The van der Waals surface area contributed by atoms with Gasteiger partial charge < -0.3 is 10.2 Å². The Morgan fingerprint density at radius 3 is 2.18 bits per heavy atom. The van der Waals surface area contributed by atoms with Gasteiger partial charge >= 0.3 is 6.18 Å². The van der Waals surface area contributed by atoms with Crippen molar-refractivity contribution in [1.82, 2.24) is 10.2 Å². The van der Waals surface area contributed by atoms with Crippen LogP contribution in [0.15, 0.2) is 48.5 Å². The number of carbonyl (C=O) groups excluding carboxylic acids is 2. The predicted molar refractivity (Wildman–Crippen MR) is 95.9 cm³/mol. The Hall–Kier alpha value is -2.90. The van der Waals surface area contributed by atoms with E-state index in [2.05, 4.69) is 5.32 Å². The maximum Gasteiger partial charge on any atom is 0.416 e. The molecule has 4 nitrogen and oxygen atoms in total. The van der Waals surface area contributed by atoms with E-state index in [1.165, 1.54) is 41.3 Å². The number of alkyl halides is 3. The number of hydrogen-bond acceptors (Lipinski definition) is 2. The van der Waals surface area contributed by atoms with Gasteiger partial charge in [-0.1, -0.05) is 12.1 Å². The van der Waals surface area contributed by atoms with Crippen molar-refractivity contribution in [3.8, 4) is 0 Å². The molecule has 28 heavy (non-hydrogen) atoms. The molecule has 0 saturated heterocycles. The van der Waals surface area contributed by atoms with E-state index in [0.717, 1.165) is 12.1 Å². The van der Waals surface area contributed by atoms with Gasteiger partial charge in [-0.25, -0.2) is 4.39 Å². The third kappa shape index (κ3) is 6.37. The summed E-state index contributed by atoms with van der Waals surface area (Å²) in [6, 6.07) is 9.77. The second kappa shape index (κ2) is 9.34. The van der Waals surface area contributed by atoms with Gasteiger partial charge in [-0.3, -0.25) is 9.59 Å². The lowest BCUT2D eigenvalue weighted by Gasteiger charge is -2.18. The number of hydrogen-bond donors (Lipinski definition) is 1. The van der Waals surface area contributed by atoms with E-state index in [1.807, 2.05) is 0 Å². The number of carbonyl (C=O) groups is 2. The van der Waals surface area contributed by atoms with Crippen molar-refractivity contribution in [3.05, 3.63) is 71.0 Å². The topological polar surface area (TPSA) is 49.4 Å². The van der Waals surface area contributed by atoms with Crippen LogP contribution in [0.25, 0.3) is 0 Å². The number of amides is 2. The van der Waals surface area contributed by atoms with Gasteiger partial charge in [0, 0.05) is 32.1 Å². The first-order valence-electron chi connectivity index (χ1n) is 8.60. The smallest absolute Gasteiger partial charge is 0.352 e. The molecule has 0 aliphatic rings. The molecule has 0 unspecified atom stereocenters. The minimum atomic E-state index is -4.39. The van der Waals surface area contributed by atoms with Gasteiger partial charge in [-0.2, -0.15) is 13.2 Å². The Morgan fingerprint density at radius 2 is 1.61 bits per heavy atom. The molecule has 0 aliphatic carbocycles. The van der Waals surface area contributed by atoms with E-state index in [1.54, 1.807) is 7.05 Å². The first kappa shape index (κ1) is 21.4. The summed E-state index contributed by atoms with van der Waals surface area (Å²) >= 11 is 0. The highest BCUT2D eigenvalue weighted by atomic mass is 19.4. The number of benzene rings is 2. The summed E-state index contributed by atoms with van der Waals surface area (Å²) in [7, 11) is 1.57. The average molecular weight is 396 g/mol. The molecule has 0 radical (unpaired) electrons.